The maximum Gasteiger partial charge on any atom is 0.248 e. The van der Waals surface area contributed by atoms with Gasteiger partial charge in [0.1, 0.15) is 0 Å². The predicted molar refractivity (Wildman–Crippen MR) is 135 cm³/mol. The maximum atomic E-state index is 12.8. The van der Waals surface area contributed by atoms with Crippen molar-refractivity contribution in [1.29, 1.82) is 0 Å². The third-order valence-electron chi connectivity index (χ3n) is 5.54. The van der Waals surface area contributed by atoms with Crippen LogP contribution in [-0.4, -0.2) is 25.9 Å². The van der Waals surface area contributed by atoms with E-state index in [2.05, 4.69) is 27.6 Å². The molecule has 0 spiro atoms. The van der Waals surface area contributed by atoms with Gasteiger partial charge in [0, 0.05) is 34.7 Å². The zero-order valence-electron chi connectivity index (χ0n) is 19.1. The lowest BCUT2D eigenvalue weighted by Gasteiger charge is -2.07. The highest BCUT2D eigenvalue weighted by Gasteiger charge is 2.11. The summed E-state index contributed by atoms with van der Waals surface area (Å²) in [5, 5.41) is 15.4. The molecule has 1 amide bonds. The molecule has 7 heteroatoms. The molecule has 0 fully saturated rings. The molecule has 0 aliphatic carbocycles. The number of amides is 1. The number of anilines is 1. The number of hydrogen-bond donors (Lipinski definition) is 1. The van der Waals surface area contributed by atoms with Crippen LogP contribution in [0.5, 0.6) is 0 Å². The van der Waals surface area contributed by atoms with E-state index < -0.39 is 0 Å². The molecule has 0 unspecified atom stereocenters. The van der Waals surface area contributed by atoms with Crippen molar-refractivity contribution in [3.8, 4) is 22.7 Å². The third-order valence-corrected chi connectivity index (χ3v) is 5.54. The quantitative estimate of drug-likeness (QED) is 0.319. The van der Waals surface area contributed by atoms with Crippen LogP contribution in [0.15, 0.2) is 102 Å². The molecule has 0 radical (unpaired) electrons. The molecule has 0 bridgehead atoms. The van der Waals surface area contributed by atoms with Crippen LogP contribution in [0, 0.1) is 6.92 Å². The van der Waals surface area contributed by atoms with Gasteiger partial charge in [0.2, 0.25) is 18.2 Å². The first-order valence-corrected chi connectivity index (χ1v) is 11.2. The summed E-state index contributed by atoms with van der Waals surface area (Å²) in [5.41, 5.74) is 6.16. The van der Waals surface area contributed by atoms with Crippen molar-refractivity contribution >= 4 is 17.7 Å². The number of hydrogen-bond acceptors (Lipinski definition) is 5. The molecule has 5 rings (SSSR count). The molecule has 0 saturated heterocycles. The number of nitrogens with zero attached hydrogens (tertiary/aromatic N) is 4. The van der Waals surface area contributed by atoms with Gasteiger partial charge >= 0.3 is 0 Å². The summed E-state index contributed by atoms with van der Waals surface area (Å²) in [6.45, 7) is 2.57. The van der Waals surface area contributed by atoms with E-state index in [0.29, 0.717) is 18.1 Å². The van der Waals surface area contributed by atoms with Gasteiger partial charge in [0.05, 0.1) is 12.2 Å². The van der Waals surface area contributed by atoms with Gasteiger partial charge in [0.15, 0.2) is 0 Å². The van der Waals surface area contributed by atoms with Crippen molar-refractivity contribution in [3.05, 3.63) is 114 Å². The van der Waals surface area contributed by atoms with Crippen LogP contribution < -0.4 is 5.32 Å². The smallest absolute Gasteiger partial charge is 0.248 e. The average molecular weight is 462 g/mol. The molecule has 0 aliphatic heterocycles. The topological polar surface area (TPSA) is 85.8 Å². The van der Waals surface area contributed by atoms with Crippen molar-refractivity contribution in [1.82, 2.24) is 20.0 Å². The van der Waals surface area contributed by atoms with Crippen molar-refractivity contribution in [2.45, 2.75) is 13.5 Å². The summed E-state index contributed by atoms with van der Waals surface area (Å²) in [6.07, 6.45) is 6.55. The molecular formula is C28H23N5O2. The minimum atomic E-state index is -0.245. The molecule has 35 heavy (non-hydrogen) atoms. The number of nitrogens with one attached hydrogen (secondary N) is 1. The summed E-state index contributed by atoms with van der Waals surface area (Å²) in [6, 6.07) is 25.7. The predicted octanol–water partition coefficient (Wildman–Crippen LogP) is 5.61. The summed E-state index contributed by atoms with van der Waals surface area (Å²) in [5.74, 6) is 0.153. The monoisotopic (exact) mass is 461 g/mol. The number of aromatic nitrogens is 4. The van der Waals surface area contributed by atoms with E-state index in [4.69, 9.17) is 9.52 Å². The number of carbonyl (C=O) groups excluding carboxylic acids is 1. The van der Waals surface area contributed by atoms with E-state index in [1.165, 1.54) is 12.5 Å². The van der Waals surface area contributed by atoms with Gasteiger partial charge < -0.3 is 9.73 Å². The molecule has 3 aromatic carbocycles. The van der Waals surface area contributed by atoms with E-state index in [1.54, 1.807) is 6.08 Å². The van der Waals surface area contributed by atoms with E-state index in [0.717, 1.165) is 33.5 Å². The largest absolute Gasteiger partial charge is 0.423 e. The molecule has 1 N–H and O–H groups in total. The highest BCUT2D eigenvalue weighted by Crippen LogP contribution is 2.25. The highest BCUT2D eigenvalue weighted by molar-refractivity contribution is 6.03. The first kappa shape index (κ1) is 22.0. The third kappa shape index (κ3) is 5.25. The van der Waals surface area contributed by atoms with Gasteiger partial charge in [-0.2, -0.15) is 5.10 Å². The highest BCUT2D eigenvalue weighted by atomic mass is 16.4. The van der Waals surface area contributed by atoms with Gasteiger partial charge in [-0.25, -0.2) is 0 Å². The molecule has 5 aromatic rings. The van der Waals surface area contributed by atoms with Gasteiger partial charge in [-0.1, -0.05) is 66.7 Å². The second-order valence-electron chi connectivity index (χ2n) is 8.08. The second-order valence-corrected chi connectivity index (χ2v) is 8.08. The van der Waals surface area contributed by atoms with Crippen LogP contribution in [0.2, 0.25) is 0 Å². The summed E-state index contributed by atoms with van der Waals surface area (Å²) in [4.78, 5) is 12.8. The molecule has 2 aromatic heterocycles. The first-order valence-electron chi connectivity index (χ1n) is 11.2. The Morgan fingerprint density at radius 2 is 1.77 bits per heavy atom. The molecule has 0 saturated carbocycles. The number of benzene rings is 3. The zero-order valence-corrected chi connectivity index (χ0v) is 19.1. The van der Waals surface area contributed by atoms with Crippen molar-refractivity contribution < 1.29 is 9.21 Å². The Hall–Kier alpha value is -4.78. The zero-order chi connectivity index (χ0) is 24.0. The average Bonchev–Trinajstić information content (AvgIpc) is 3.56. The van der Waals surface area contributed by atoms with Crippen LogP contribution in [0.1, 0.15) is 16.7 Å². The Bertz CT molecular complexity index is 1460. The Labute approximate surface area is 202 Å². The normalized spacial score (nSPS) is 11.1. The van der Waals surface area contributed by atoms with Gasteiger partial charge in [0.25, 0.3) is 0 Å². The minimum Gasteiger partial charge on any atom is -0.423 e. The molecule has 172 valence electrons. The summed E-state index contributed by atoms with van der Waals surface area (Å²) >= 11 is 0. The molecule has 7 nitrogen and oxygen atoms in total. The fraction of sp³-hybridized carbons (Fsp3) is 0.0714. The fourth-order valence-corrected chi connectivity index (χ4v) is 3.76. The van der Waals surface area contributed by atoms with E-state index in [9.17, 15) is 4.79 Å². The molecule has 2 heterocycles. The second kappa shape index (κ2) is 10.0. The van der Waals surface area contributed by atoms with Gasteiger partial charge in [-0.05, 0) is 36.3 Å². The van der Waals surface area contributed by atoms with Gasteiger partial charge in [-0.3, -0.25) is 9.48 Å². The van der Waals surface area contributed by atoms with Gasteiger partial charge in [-0.15, -0.1) is 10.2 Å². The van der Waals surface area contributed by atoms with E-state index in [-0.39, 0.29) is 5.91 Å². The Kier molecular flexibility index (Phi) is 6.30. The van der Waals surface area contributed by atoms with Crippen LogP contribution in [0.25, 0.3) is 28.8 Å². The van der Waals surface area contributed by atoms with E-state index >= 15 is 0 Å². The molecule has 0 aliphatic rings. The van der Waals surface area contributed by atoms with Crippen molar-refractivity contribution in [2.75, 3.05) is 5.32 Å². The fourth-order valence-electron chi connectivity index (χ4n) is 3.76. The van der Waals surface area contributed by atoms with Crippen molar-refractivity contribution in [2.24, 2.45) is 0 Å². The lowest BCUT2D eigenvalue weighted by Crippen LogP contribution is -2.09. The van der Waals surface area contributed by atoms with E-state index in [1.807, 2.05) is 84.5 Å². The first-order chi connectivity index (χ1) is 17.2. The Morgan fingerprint density at radius 1 is 1.00 bits per heavy atom. The summed E-state index contributed by atoms with van der Waals surface area (Å²) < 4.78 is 7.16. The maximum absolute atomic E-state index is 12.8. The molecular weight excluding hydrogens is 438 g/mol. The number of carbonyl (C=O) groups is 1. The Morgan fingerprint density at radius 3 is 2.51 bits per heavy atom. The molecule has 0 atom stereocenters. The lowest BCUT2D eigenvalue weighted by atomic mass is 10.1. The Balaban J connectivity index is 1.39. The van der Waals surface area contributed by atoms with Crippen molar-refractivity contribution in [3.63, 3.8) is 0 Å². The van der Waals surface area contributed by atoms with Crippen LogP contribution in [0.4, 0.5) is 5.69 Å². The number of rotatable bonds is 7. The lowest BCUT2D eigenvalue weighted by molar-refractivity contribution is -0.111. The standard InChI is InChI=1S/C28H23N5O2/c1-20-12-13-23(28-31-29-19-35-28)16-25(20)30-26(34)15-14-24-18-33(17-21-8-4-2-5-9-21)32-27(24)22-10-6-3-7-11-22/h2-16,18-19H,17H2,1H3,(H,30,34)/b15-14+. The minimum absolute atomic E-state index is 0.245. The van der Waals surface area contributed by atoms with Crippen LogP contribution in [0.3, 0.4) is 0 Å². The van der Waals surface area contributed by atoms with Crippen LogP contribution in [-0.2, 0) is 11.3 Å². The number of aryl methyl sites for hydroxylation is 1. The van der Waals surface area contributed by atoms with Crippen LogP contribution >= 0.6 is 0 Å². The SMILES string of the molecule is Cc1ccc(-c2nnco2)cc1NC(=O)/C=C/c1cn(Cc2ccccc2)nc1-c1ccccc1. The summed E-state index contributed by atoms with van der Waals surface area (Å²) in [7, 11) is 0.